The largest absolute Gasteiger partial charge is 0.326 e. The van der Waals surface area contributed by atoms with Gasteiger partial charge in [0.05, 0.1) is 4.87 Å². The van der Waals surface area contributed by atoms with Crippen LogP contribution in [0.15, 0.2) is 24.3 Å². The number of aryl methyl sites for hydroxylation is 1. The first-order chi connectivity index (χ1) is 9.00. The summed E-state index contributed by atoms with van der Waals surface area (Å²) in [4.78, 5) is -0.462. The summed E-state index contributed by atoms with van der Waals surface area (Å²) in [5, 5.41) is 0. The van der Waals surface area contributed by atoms with Gasteiger partial charge in [-0.1, -0.05) is 63.3 Å². The third-order valence-electron chi connectivity index (χ3n) is 3.99. The third kappa shape index (κ3) is 4.81. The maximum atomic E-state index is 6.73. The fourth-order valence-electron chi connectivity index (χ4n) is 2.56. The van der Waals surface area contributed by atoms with Crippen molar-refractivity contribution in [3.8, 4) is 0 Å². The summed E-state index contributed by atoms with van der Waals surface area (Å²) in [5.74, 6) is 0. The summed E-state index contributed by atoms with van der Waals surface area (Å²) in [5.41, 5.74) is 8.72. The van der Waals surface area contributed by atoms with Gasteiger partial charge in [0, 0.05) is 6.04 Å². The number of hydrogen-bond donors (Lipinski definition) is 1. The topological polar surface area (TPSA) is 26.0 Å². The van der Waals surface area contributed by atoms with Crippen LogP contribution in [0, 0.1) is 6.92 Å². The van der Waals surface area contributed by atoms with Crippen molar-refractivity contribution in [1.29, 1.82) is 0 Å². The molecule has 0 spiro atoms. The van der Waals surface area contributed by atoms with E-state index in [1.807, 2.05) is 19.1 Å². The van der Waals surface area contributed by atoms with Crippen LogP contribution in [0.1, 0.15) is 63.5 Å². The Morgan fingerprint density at radius 1 is 1.16 bits per heavy atom. The second-order valence-electron chi connectivity index (χ2n) is 5.70. The molecule has 1 aromatic rings. The molecule has 0 aliphatic heterocycles. The minimum atomic E-state index is -0.462. The van der Waals surface area contributed by atoms with Gasteiger partial charge >= 0.3 is 0 Å². The summed E-state index contributed by atoms with van der Waals surface area (Å²) in [7, 11) is 0. The molecule has 0 saturated carbocycles. The lowest BCUT2D eigenvalue weighted by molar-refractivity contribution is 0.451. The normalized spacial score (nSPS) is 16.1. The fourth-order valence-corrected chi connectivity index (χ4v) is 2.88. The van der Waals surface area contributed by atoms with Gasteiger partial charge in [0.15, 0.2) is 0 Å². The summed E-state index contributed by atoms with van der Waals surface area (Å²) in [6, 6.07) is 8.29. The Kier molecular flexibility index (Phi) is 6.88. The Bertz CT molecular complexity index is 373. The Labute approximate surface area is 123 Å². The van der Waals surface area contributed by atoms with E-state index >= 15 is 0 Å². The van der Waals surface area contributed by atoms with Crippen LogP contribution in [-0.4, -0.2) is 6.04 Å². The van der Waals surface area contributed by atoms with Gasteiger partial charge in [0.2, 0.25) is 0 Å². The lowest BCUT2D eigenvalue weighted by Crippen LogP contribution is -2.39. The van der Waals surface area contributed by atoms with Crippen LogP contribution in [0.4, 0.5) is 0 Å². The van der Waals surface area contributed by atoms with Gasteiger partial charge in [-0.05, 0) is 31.4 Å². The van der Waals surface area contributed by atoms with Gasteiger partial charge < -0.3 is 5.73 Å². The quantitative estimate of drug-likeness (QED) is 0.518. The Hall–Kier alpha value is -0.530. The maximum Gasteiger partial charge on any atom is 0.0819 e. The van der Waals surface area contributed by atoms with E-state index < -0.39 is 4.87 Å². The van der Waals surface area contributed by atoms with Crippen LogP contribution in [0.2, 0.25) is 0 Å². The molecule has 0 fully saturated rings. The van der Waals surface area contributed by atoms with Crippen molar-refractivity contribution in [3.05, 3.63) is 35.4 Å². The van der Waals surface area contributed by atoms with Crippen LogP contribution in [0.3, 0.4) is 0 Å². The Morgan fingerprint density at radius 2 is 1.79 bits per heavy atom. The average molecular weight is 282 g/mol. The Balaban J connectivity index is 2.54. The summed E-state index contributed by atoms with van der Waals surface area (Å²) in [6.45, 7) is 6.39. The van der Waals surface area contributed by atoms with E-state index in [-0.39, 0.29) is 6.04 Å². The second-order valence-corrected chi connectivity index (χ2v) is 6.49. The zero-order valence-electron chi connectivity index (χ0n) is 12.6. The lowest BCUT2D eigenvalue weighted by Gasteiger charge is -2.31. The van der Waals surface area contributed by atoms with Crippen LogP contribution in [0.5, 0.6) is 0 Å². The number of nitrogens with two attached hydrogens (primary N) is 1. The second kappa shape index (κ2) is 7.91. The molecule has 2 atom stereocenters. The molecule has 1 nitrogen and oxygen atoms in total. The molecule has 0 radical (unpaired) electrons. The predicted molar refractivity (Wildman–Crippen MR) is 85.7 cm³/mol. The van der Waals surface area contributed by atoms with Crippen molar-refractivity contribution in [1.82, 2.24) is 0 Å². The van der Waals surface area contributed by atoms with E-state index in [9.17, 15) is 0 Å². The first-order valence-electron chi connectivity index (χ1n) is 7.50. The van der Waals surface area contributed by atoms with Crippen LogP contribution >= 0.6 is 11.6 Å². The molecule has 0 amide bonds. The molecule has 0 saturated heterocycles. The smallest absolute Gasteiger partial charge is 0.0819 e. The summed E-state index contributed by atoms with van der Waals surface area (Å²) >= 11 is 6.73. The third-order valence-corrected chi connectivity index (χ3v) is 4.47. The SMILES string of the molecule is CCCCCCCC(N)C(C)(Cl)c1ccccc1C. The van der Waals surface area contributed by atoms with E-state index in [4.69, 9.17) is 17.3 Å². The lowest BCUT2D eigenvalue weighted by atomic mass is 9.87. The zero-order valence-corrected chi connectivity index (χ0v) is 13.3. The van der Waals surface area contributed by atoms with Crippen LogP contribution in [-0.2, 0) is 4.87 Å². The summed E-state index contributed by atoms with van der Waals surface area (Å²) in [6.07, 6.45) is 7.36. The monoisotopic (exact) mass is 281 g/mol. The van der Waals surface area contributed by atoms with Crippen molar-refractivity contribution in [2.45, 2.75) is 70.2 Å². The first-order valence-corrected chi connectivity index (χ1v) is 7.88. The number of unbranched alkanes of at least 4 members (excludes halogenated alkanes) is 4. The highest BCUT2D eigenvalue weighted by atomic mass is 35.5. The fraction of sp³-hybridized carbons (Fsp3) is 0.647. The molecule has 0 bridgehead atoms. The van der Waals surface area contributed by atoms with Crippen LogP contribution < -0.4 is 5.73 Å². The number of rotatable bonds is 8. The molecule has 2 unspecified atom stereocenters. The standard InChI is InChI=1S/C17H28ClN/c1-4-5-6-7-8-13-16(19)17(3,18)15-12-10-9-11-14(15)2/h9-12,16H,4-8,13,19H2,1-3H3. The van der Waals surface area contributed by atoms with Crippen molar-refractivity contribution in [3.63, 3.8) is 0 Å². The molecule has 0 aliphatic carbocycles. The molecule has 2 heteroatoms. The molecule has 1 aromatic carbocycles. The van der Waals surface area contributed by atoms with Gasteiger partial charge in [-0.2, -0.15) is 0 Å². The minimum absolute atomic E-state index is 0.0110. The van der Waals surface area contributed by atoms with Crippen LogP contribution in [0.25, 0.3) is 0 Å². The molecule has 2 N–H and O–H groups in total. The van der Waals surface area contributed by atoms with E-state index in [0.717, 1.165) is 12.0 Å². The molecule has 19 heavy (non-hydrogen) atoms. The van der Waals surface area contributed by atoms with E-state index in [1.54, 1.807) is 0 Å². The molecule has 0 aliphatic rings. The van der Waals surface area contributed by atoms with Crippen molar-refractivity contribution >= 4 is 11.6 Å². The van der Waals surface area contributed by atoms with E-state index in [2.05, 4.69) is 26.0 Å². The van der Waals surface area contributed by atoms with E-state index in [1.165, 1.54) is 37.7 Å². The molecule has 108 valence electrons. The van der Waals surface area contributed by atoms with Gasteiger partial charge in [0.25, 0.3) is 0 Å². The predicted octanol–water partition coefficient (Wildman–Crippen LogP) is 5.14. The highest BCUT2D eigenvalue weighted by Gasteiger charge is 2.31. The zero-order chi connectivity index (χ0) is 14.3. The van der Waals surface area contributed by atoms with Crippen molar-refractivity contribution < 1.29 is 0 Å². The average Bonchev–Trinajstić information content (AvgIpc) is 2.38. The van der Waals surface area contributed by atoms with Crippen molar-refractivity contribution in [2.75, 3.05) is 0 Å². The molecular weight excluding hydrogens is 254 g/mol. The highest BCUT2D eigenvalue weighted by Crippen LogP contribution is 2.35. The number of benzene rings is 1. The maximum absolute atomic E-state index is 6.73. The minimum Gasteiger partial charge on any atom is -0.326 e. The van der Waals surface area contributed by atoms with Crippen molar-refractivity contribution in [2.24, 2.45) is 5.73 Å². The summed E-state index contributed by atoms with van der Waals surface area (Å²) < 4.78 is 0. The van der Waals surface area contributed by atoms with Gasteiger partial charge in [-0.15, -0.1) is 11.6 Å². The van der Waals surface area contributed by atoms with Gasteiger partial charge in [0.1, 0.15) is 0 Å². The molecule has 0 heterocycles. The van der Waals surface area contributed by atoms with Gasteiger partial charge in [-0.3, -0.25) is 0 Å². The molecule has 0 aromatic heterocycles. The molecule has 1 rings (SSSR count). The number of hydrogen-bond acceptors (Lipinski definition) is 1. The van der Waals surface area contributed by atoms with E-state index in [0.29, 0.717) is 0 Å². The molecular formula is C17H28ClN. The highest BCUT2D eigenvalue weighted by molar-refractivity contribution is 6.24. The van der Waals surface area contributed by atoms with Gasteiger partial charge in [-0.25, -0.2) is 0 Å². The number of halogens is 1. The first kappa shape index (κ1) is 16.5. The Morgan fingerprint density at radius 3 is 2.42 bits per heavy atom. The number of alkyl halides is 1.